The van der Waals surface area contributed by atoms with Crippen molar-refractivity contribution in [2.45, 2.75) is 39.3 Å². The maximum Gasteiger partial charge on any atom is 0.170 e. The van der Waals surface area contributed by atoms with Crippen molar-refractivity contribution in [1.29, 1.82) is 0 Å². The molecule has 1 aliphatic heterocycles. The molecular formula is C16H18N2O2. The highest BCUT2D eigenvalue weighted by molar-refractivity contribution is 6.00. The maximum atomic E-state index is 12.3. The van der Waals surface area contributed by atoms with E-state index < -0.39 is 0 Å². The Kier molecular flexibility index (Phi) is 3.30. The number of nitrogens with zero attached hydrogens (tertiary/aromatic N) is 2. The number of imidazole rings is 1. The predicted molar refractivity (Wildman–Crippen MR) is 76.0 cm³/mol. The van der Waals surface area contributed by atoms with Crippen molar-refractivity contribution in [2.75, 3.05) is 0 Å². The van der Waals surface area contributed by atoms with Gasteiger partial charge in [-0.25, -0.2) is 4.98 Å². The van der Waals surface area contributed by atoms with E-state index in [-0.39, 0.29) is 11.9 Å². The first-order valence-electron chi connectivity index (χ1n) is 6.99. The highest BCUT2D eigenvalue weighted by Gasteiger charge is 2.29. The summed E-state index contributed by atoms with van der Waals surface area (Å²) in [6.45, 7) is 4.99. The summed E-state index contributed by atoms with van der Waals surface area (Å²) < 4.78 is 8.07. The Bertz CT molecular complexity index is 646. The SMILES string of the molecule is CCCn1cncc1C1CC(=O)c2cc(C)ccc2O1. The summed E-state index contributed by atoms with van der Waals surface area (Å²) in [6, 6.07) is 5.75. The highest BCUT2D eigenvalue weighted by Crippen LogP contribution is 2.35. The lowest BCUT2D eigenvalue weighted by molar-refractivity contribution is 0.0839. The quantitative estimate of drug-likeness (QED) is 0.859. The van der Waals surface area contributed by atoms with Gasteiger partial charge in [0.2, 0.25) is 0 Å². The van der Waals surface area contributed by atoms with Crippen LogP contribution in [-0.2, 0) is 6.54 Å². The molecule has 20 heavy (non-hydrogen) atoms. The van der Waals surface area contributed by atoms with Gasteiger partial charge in [0, 0.05) is 6.54 Å². The molecule has 1 aliphatic rings. The Balaban J connectivity index is 1.93. The number of fused-ring (bicyclic) bond motifs is 1. The summed E-state index contributed by atoms with van der Waals surface area (Å²) in [7, 11) is 0. The summed E-state index contributed by atoms with van der Waals surface area (Å²) in [5, 5.41) is 0. The number of aromatic nitrogens is 2. The van der Waals surface area contributed by atoms with Gasteiger partial charge in [-0.1, -0.05) is 18.6 Å². The first kappa shape index (κ1) is 12.9. The summed E-state index contributed by atoms with van der Waals surface area (Å²) in [6.07, 6.45) is 4.78. The second-order valence-corrected chi connectivity index (χ2v) is 5.25. The molecule has 0 amide bonds. The van der Waals surface area contributed by atoms with Crippen molar-refractivity contribution in [3.8, 4) is 5.75 Å². The van der Waals surface area contributed by atoms with E-state index in [0.29, 0.717) is 17.7 Å². The zero-order valence-corrected chi connectivity index (χ0v) is 11.8. The van der Waals surface area contributed by atoms with Gasteiger partial charge in [-0.05, 0) is 25.5 Å². The molecule has 1 unspecified atom stereocenters. The molecule has 1 atom stereocenters. The van der Waals surface area contributed by atoms with Crippen molar-refractivity contribution < 1.29 is 9.53 Å². The van der Waals surface area contributed by atoms with Crippen LogP contribution in [0.2, 0.25) is 0 Å². The van der Waals surface area contributed by atoms with E-state index in [0.717, 1.165) is 24.2 Å². The molecule has 3 rings (SSSR count). The van der Waals surface area contributed by atoms with E-state index in [1.807, 2.05) is 25.1 Å². The van der Waals surface area contributed by atoms with Gasteiger partial charge in [-0.15, -0.1) is 0 Å². The summed E-state index contributed by atoms with van der Waals surface area (Å²) in [5.41, 5.74) is 2.75. The Morgan fingerprint density at radius 2 is 2.30 bits per heavy atom. The number of ketones is 1. The molecule has 0 N–H and O–H groups in total. The lowest BCUT2D eigenvalue weighted by Crippen LogP contribution is -2.22. The Morgan fingerprint density at radius 1 is 1.45 bits per heavy atom. The largest absolute Gasteiger partial charge is 0.483 e. The predicted octanol–water partition coefficient (Wildman–Crippen LogP) is 3.31. The van der Waals surface area contributed by atoms with Crippen LogP contribution in [0.3, 0.4) is 0 Å². The van der Waals surface area contributed by atoms with Crippen LogP contribution >= 0.6 is 0 Å². The number of hydrogen-bond donors (Lipinski definition) is 0. The summed E-state index contributed by atoms with van der Waals surface area (Å²) >= 11 is 0. The van der Waals surface area contributed by atoms with Crippen LogP contribution in [0.5, 0.6) is 5.75 Å². The third-order valence-electron chi connectivity index (χ3n) is 3.61. The monoisotopic (exact) mass is 270 g/mol. The molecular weight excluding hydrogens is 252 g/mol. The Morgan fingerprint density at radius 3 is 3.10 bits per heavy atom. The minimum absolute atomic E-state index is 0.143. The molecule has 0 saturated carbocycles. The van der Waals surface area contributed by atoms with Crippen LogP contribution < -0.4 is 4.74 Å². The van der Waals surface area contributed by atoms with Gasteiger partial charge in [0.1, 0.15) is 11.9 Å². The molecule has 0 fully saturated rings. The van der Waals surface area contributed by atoms with Crippen LogP contribution in [-0.4, -0.2) is 15.3 Å². The molecule has 4 nitrogen and oxygen atoms in total. The minimum Gasteiger partial charge on any atom is -0.483 e. The lowest BCUT2D eigenvalue weighted by Gasteiger charge is -2.26. The van der Waals surface area contributed by atoms with Gasteiger partial charge in [0.15, 0.2) is 5.78 Å². The van der Waals surface area contributed by atoms with Crippen LogP contribution in [0.15, 0.2) is 30.7 Å². The molecule has 0 bridgehead atoms. The highest BCUT2D eigenvalue weighted by atomic mass is 16.5. The first-order chi connectivity index (χ1) is 9.69. The first-order valence-corrected chi connectivity index (χ1v) is 6.99. The molecule has 2 aromatic rings. The average Bonchev–Trinajstić information content (AvgIpc) is 2.88. The van der Waals surface area contributed by atoms with Crippen molar-refractivity contribution in [1.82, 2.24) is 9.55 Å². The summed E-state index contributed by atoms with van der Waals surface area (Å²) in [4.78, 5) is 16.5. The topological polar surface area (TPSA) is 44.1 Å². The third kappa shape index (κ3) is 2.22. The van der Waals surface area contributed by atoms with Crippen LogP contribution in [0.1, 0.15) is 47.5 Å². The van der Waals surface area contributed by atoms with Crippen LogP contribution in [0, 0.1) is 6.92 Å². The van der Waals surface area contributed by atoms with Gasteiger partial charge in [-0.2, -0.15) is 0 Å². The second-order valence-electron chi connectivity index (χ2n) is 5.25. The average molecular weight is 270 g/mol. The van der Waals surface area contributed by atoms with Gasteiger partial charge in [0.05, 0.1) is 30.2 Å². The van der Waals surface area contributed by atoms with Gasteiger partial charge >= 0.3 is 0 Å². The number of ether oxygens (including phenoxy) is 1. The molecule has 4 heteroatoms. The molecule has 104 valence electrons. The number of hydrogen-bond acceptors (Lipinski definition) is 3. The van der Waals surface area contributed by atoms with Crippen LogP contribution in [0.25, 0.3) is 0 Å². The standard InChI is InChI=1S/C16H18N2O2/c1-3-6-18-10-17-9-13(18)16-8-14(19)12-7-11(2)4-5-15(12)20-16/h4-5,7,9-10,16H,3,6,8H2,1-2H3. The maximum absolute atomic E-state index is 12.3. The van der Waals surface area contributed by atoms with Gasteiger partial charge < -0.3 is 9.30 Å². The normalized spacial score (nSPS) is 17.7. The number of aryl methyl sites for hydroxylation is 2. The minimum atomic E-state index is -0.230. The zero-order valence-electron chi connectivity index (χ0n) is 11.8. The fourth-order valence-electron chi connectivity index (χ4n) is 2.63. The smallest absolute Gasteiger partial charge is 0.170 e. The van der Waals surface area contributed by atoms with E-state index in [1.54, 1.807) is 12.5 Å². The van der Waals surface area contributed by atoms with E-state index in [9.17, 15) is 4.79 Å². The van der Waals surface area contributed by atoms with Gasteiger partial charge in [-0.3, -0.25) is 4.79 Å². The van der Waals surface area contributed by atoms with E-state index in [2.05, 4.69) is 16.5 Å². The number of carbonyl (C=O) groups excluding carboxylic acids is 1. The van der Waals surface area contributed by atoms with Crippen molar-refractivity contribution >= 4 is 5.78 Å². The van der Waals surface area contributed by atoms with Crippen molar-refractivity contribution in [3.05, 3.63) is 47.5 Å². The van der Waals surface area contributed by atoms with Crippen LogP contribution in [0.4, 0.5) is 0 Å². The summed E-state index contributed by atoms with van der Waals surface area (Å²) in [5.74, 6) is 0.824. The second kappa shape index (κ2) is 5.12. The number of rotatable bonds is 3. The molecule has 0 saturated heterocycles. The molecule has 0 aliphatic carbocycles. The van der Waals surface area contributed by atoms with Crippen molar-refractivity contribution in [3.63, 3.8) is 0 Å². The zero-order chi connectivity index (χ0) is 14.1. The molecule has 0 radical (unpaired) electrons. The molecule has 1 aromatic carbocycles. The molecule has 2 heterocycles. The van der Waals surface area contributed by atoms with E-state index >= 15 is 0 Å². The fraction of sp³-hybridized carbons (Fsp3) is 0.375. The lowest BCUT2D eigenvalue weighted by atomic mass is 9.97. The number of benzene rings is 1. The number of carbonyl (C=O) groups is 1. The third-order valence-corrected chi connectivity index (χ3v) is 3.61. The number of Topliss-reactive ketones (excluding diaryl/α,β-unsaturated/α-hetero) is 1. The fourth-order valence-corrected chi connectivity index (χ4v) is 2.63. The Hall–Kier alpha value is -2.10. The van der Waals surface area contributed by atoms with Gasteiger partial charge in [0.25, 0.3) is 0 Å². The molecule has 0 spiro atoms. The van der Waals surface area contributed by atoms with Crippen molar-refractivity contribution in [2.24, 2.45) is 0 Å². The Labute approximate surface area is 118 Å². The van der Waals surface area contributed by atoms with E-state index in [4.69, 9.17) is 4.74 Å². The van der Waals surface area contributed by atoms with E-state index in [1.165, 1.54) is 0 Å². The molecule has 1 aromatic heterocycles.